The Morgan fingerprint density at radius 1 is 0.971 bits per heavy atom. The van der Waals surface area contributed by atoms with Crippen LogP contribution >= 0.6 is 0 Å². The summed E-state index contributed by atoms with van der Waals surface area (Å²) in [5.74, 6) is -1.64. The molecule has 186 valence electrons. The number of hydrogen-bond donors (Lipinski definition) is 3. The molecule has 7 heteroatoms. The SMILES string of the molecule is CC(C)C(NC(=O)C1(CNC(=O)OCC2c3ccccc3-c3ccccc32)CCCCC1)C(=O)O. The van der Waals surface area contributed by atoms with Gasteiger partial charge in [-0.2, -0.15) is 0 Å². The third kappa shape index (κ3) is 5.19. The Morgan fingerprint density at radius 2 is 1.54 bits per heavy atom. The number of rotatable bonds is 8. The second kappa shape index (κ2) is 10.5. The number of amides is 2. The fraction of sp³-hybridized carbons (Fsp3) is 0.464. The lowest BCUT2D eigenvalue weighted by atomic mass is 9.73. The van der Waals surface area contributed by atoms with Crippen LogP contribution in [0.5, 0.6) is 0 Å². The summed E-state index contributed by atoms with van der Waals surface area (Å²) < 4.78 is 5.64. The number of nitrogens with one attached hydrogen (secondary N) is 2. The zero-order valence-corrected chi connectivity index (χ0v) is 20.4. The van der Waals surface area contributed by atoms with E-state index < -0.39 is 23.5 Å². The second-order valence-corrected chi connectivity index (χ2v) is 10.1. The van der Waals surface area contributed by atoms with Crippen LogP contribution in [0.4, 0.5) is 4.79 Å². The predicted molar refractivity (Wildman–Crippen MR) is 133 cm³/mol. The number of carbonyl (C=O) groups is 3. The number of benzene rings is 2. The third-order valence-electron chi connectivity index (χ3n) is 7.43. The number of ether oxygens (including phenoxy) is 1. The van der Waals surface area contributed by atoms with Crippen molar-refractivity contribution in [2.45, 2.75) is 57.9 Å². The van der Waals surface area contributed by atoms with Crippen LogP contribution in [0.25, 0.3) is 11.1 Å². The Balaban J connectivity index is 1.40. The van der Waals surface area contributed by atoms with E-state index in [0.29, 0.717) is 12.8 Å². The number of carbonyl (C=O) groups excluding carboxylic acids is 2. The van der Waals surface area contributed by atoms with Gasteiger partial charge in [0.25, 0.3) is 0 Å². The summed E-state index contributed by atoms with van der Waals surface area (Å²) in [7, 11) is 0. The fourth-order valence-electron chi connectivity index (χ4n) is 5.41. The lowest BCUT2D eigenvalue weighted by molar-refractivity contribution is -0.145. The van der Waals surface area contributed by atoms with E-state index >= 15 is 0 Å². The van der Waals surface area contributed by atoms with Crippen molar-refractivity contribution in [1.82, 2.24) is 10.6 Å². The van der Waals surface area contributed by atoms with Crippen molar-refractivity contribution in [2.24, 2.45) is 11.3 Å². The van der Waals surface area contributed by atoms with Gasteiger partial charge in [0, 0.05) is 12.5 Å². The molecule has 4 rings (SSSR count). The highest BCUT2D eigenvalue weighted by molar-refractivity contribution is 5.88. The first kappa shape index (κ1) is 24.8. The smallest absolute Gasteiger partial charge is 0.407 e. The first-order valence-electron chi connectivity index (χ1n) is 12.4. The molecule has 35 heavy (non-hydrogen) atoms. The van der Waals surface area contributed by atoms with E-state index in [4.69, 9.17) is 4.74 Å². The summed E-state index contributed by atoms with van der Waals surface area (Å²) in [6, 6.07) is 15.3. The molecule has 0 bridgehead atoms. The molecule has 3 N–H and O–H groups in total. The van der Waals surface area contributed by atoms with Crippen molar-refractivity contribution < 1.29 is 24.2 Å². The van der Waals surface area contributed by atoms with Crippen LogP contribution in [0.2, 0.25) is 0 Å². The summed E-state index contributed by atoms with van der Waals surface area (Å²) in [6.45, 7) is 3.86. The number of alkyl carbamates (subject to hydrolysis) is 1. The monoisotopic (exact) mass is 478 g/mol. The van der Waals surface area contributed by atoms with Crippen LogP contribution in [0.3, 0.4) is 0 Å². The minimum atomic E-state index is -1.05. The molecule has 0 aliphatic heterocycles. The molecule has 2 amide bonds. The molecule has 0 saturated heterocycles. The van der Waals surface area contributed by atoms with Gasteiger partial charge in [0.1, 0.15) is 12.6 Å². The van der Waals surface area contributed by atoms with Crippen LogP contribution < -0.4 is 10.6 Å². The van der Waals surface area contributed by atoms with Gasteiger partial charge < -0.3 is 20.5 Å². The summed E-state index contributed by atoms with van der Waals surface area (Å²) in [5.41, 5.74) is 3.77. The van der Waals surface area contributed by atoms with E-state index in [-0.39, 0.29) is 30.9 Å². The maximum atomic E-state index is 13.2. The van der Waals surface area contributed by atoms with Crippen molar-refractivity contribution in [1.29, 1.82) is 0 Å². The molecule has 1 saturated carbocycles. The normalized spacial score (nSPS) is 17.2. The van der Waals surface area contributed by atoms with Crippen molar-refractivity contribution in [3.8, 4) is 11.1 Å². The molecule has 2 aliphatic rings. The van der Waals surface area contributed by atoms with Gasteiger partial charge in [0.15, 0.2) is 0 Å². The molecule has 1 fully saturated rings. The zero-order chi connectivity index (χ0) is 25.0. The Bertz CT molecular complexity index is 1040. The van der Waals surface area contributed by atoms with Gasteiger partial charge in [-0.1, -0.05) is 81.6 Å². The van der Waals surface area contributed by atoms with E-state index in [0.717, 1.165) is 41.5 Å². The zero-order valence-electron chi connectivity index (χ0n) is 20.4. The largest absolute Gasteiger partial charge is 0.480 e. The van der Waals surface area contributed by atoms with Crippen LogP contribution in [0.1, 0.15) is 63.0 Å². The maximum Gasteiger partial charge on any atom is 0.407 e. The average molecular weight is 479 g/mol. The summed E-state index contributed by atoms with van der Waals surface area (Å²) in [4.78, 5) is 37.5. The van der Waals surface area contributed by atoms with Crippen LogP contribution in [0, 0.1) is 11.3 Å². The van der Waals surface area contributed by atoms with Gasteiger partial charge in [-0.3, -0.25) is 4.79 Å². The van der Waals surface area contributed by atoms with Crippen molar-refractivity contribution in [3.63, 3.8) is 0 Å². The number of carboxylic acid groups (broad SMARTS) is 1. The Hall–Kier alpha value is -3.35. The summed E-state index contributed by atoms with van der Waals surface area (Å²) in [6.07, 6.45) is 3.38. The molecule has 1 atom stereocenters. The summed E-state index contributed by atoms with van der Waals surface area (Å²) in [5, 5.41) is 15.0. The highest BCUT2D eigenvalue weighted by Gasteiger charge is 2.42. The van der Waals surface area contributed by atoms with Gasteiger partial charge in [0.2, 0.25) is 5.91 Å². The lowest BCUT2D eigenvalue weighted by Crippen LogP contribution is -2.54. The molecule has 2 aliphatic carbocycles. The van der Waals surface area contributed by atoms with Gasteiger partial charge in [-0.05, 0) is 41.0 Å². The van der Waals surface area contributed by atoms with Gasteiger partial charge >= 0.3 is 12.1 Å². The lowest BCUT2D eigenvalue weighted by Gasteiger charge is -2.37. The fourth-order valence-corrected chi connectivity index (χ4v) is 5.41. The topological polar surface area (TPSA) is 105 Å². The van der Waals surface area contributed by atoms with Crippen molar-refractivity contribution >= 4 is 18.0 Å². The first-order chi connectivity index (χ1) is 16.8. The van der Waals surface area contributed by atoms with Gasteiger partial charge in [-0.25, -0.2) is 9.59 Å². The third-order valence-corrected chi connectivity index (χ3v) is 7.43. The van der Waals surface area contributed by atoms with E-state index in [9.17, 15) is 19.5 Å². The number of fused-ring (bicyclic) bond motifs is 3. The molecular weight excluding hydrogens is 444 g/mol. The van der Waals surface area contributed by atoms with E-state index in [1.165, 1.54) is 0 Å². The molecular formula is C28H34N2O5. The predicted octanol–water partition coefficient (Wildman–Crippen LogP) is 4.70. The van der Waals surface area contributed by atoms with Crippen molar-refractivity contribution in [3.05, 3.63) is 59.7 Å². The molecule has 1 unspecified atom stereocenters. The molecule has 0 spiro atoms. The average Bonchev–Trinajstić information content (AvgIpc) is 3.18. The molecule has 2 aromatic rings. The molecule has 0 aromatic heterocycles. The standard InChI is InChI=1S/C28H34N2O5/c1-18(2)24(25(31)32)30-26(33)28(14-8-3-9-15-28)17-29-27(34)35-16-23-21-12-6-4-10-19(21)20-11-5-7-13-22(20)23/h4-7,10-13,18,23-24H,3,8-9,14-17H2,1-2H3,(H,29,34)(H,30,33)(H,31,32). The highest BCUT2D eigenvalue weighted by atomic mass is 16.5. The minimum Gasteiger partial charge on any atom is -0.480 e. The highest BCUT2D eigenvalue weighted by Crippen LogP contribution is 2.44. The number of hydrogen-bond acceptors (Lipinski definition) is 4. The van der Waals surface area contributed by atoms with Gasteiger partial charge in [0.05, 0.1) is 5.41 Å². The molecule has 0 radical (unpaired) electrons. The Morgan fingerprint density at radius 3 is 2.09 bits per heavy atom. The number of aliphatic carboxylic acids is 1. The molecule has 7 nitrogen and oxygen atoms in total. The van der Waals surface area contributed by atoms with Gasteiger partial charge in [-0.15, -0.1) is 0 Å². The molecule has 0 heterocycles. The quantitative estimate of drug-likeness (QED) is 0.510. The van der Waals surface area contributed by atoms with Crippen LogP contribution in [-0.2, 0) is 14.3 Å². The second-order valence-electron chi connectivity index (χ2n) is 10.1. The maximum absolute atomic E-state index is 13.2. The van der Waals surface area contributed by atoms with Crippen LogP contribution in [-0.4, -0.2) is 42.3 Å². The minimum absolute atomic E-state index is 0.0394. The van der Waals surface area contributed by atoms with E-state index in [1.807, 2.05) is 24.3 Å². The van der Waals surface area contributed by atoms with E-state index in [2.05, 4.69) is 34.9 Å². The Kier molecular flexibility index (Phi) is 7.43. The van der Waals surface area contributed by atoms with Crippen LogP contribution in [0.15, 0.2) is 48.5 Å². The Labute approximate surface area is 206 Å². The van der Waals surface area contributed by atoms with Crippen molar-refractivity contribution in [2.75, 3.05) is 13.2 Å². The first-order valence-corrected chi connectivity index (χ1v) is 12.4. The van der Waals surface area contributed by atoms with E-state index in [1.54, 1.807) is 13.8 Å². The summed E-state index contributed by atoms with van der Waals surface area (Å²) >= 11 is 0. The number of carboxylic acids is 1. The molecule has 2 aromatic carbocycles.